The molecule has 1 N–H and O–H groups in total. The lowest BCUT2D eigenvalue weighted by molar-refractivity contribution is 0.0986. The van der Waals surface area contributed by atoms with E-state index in [1.54, 1.807) is 24.3 Å². The lowest BCUT2D eigenvalue weighted by atomic mass is 10.1. The predicted molar refractivity (Wildman–Crippen MR) is 65.7 cm³/mol. The molecule has 1 saturated carbocycles. The van der Waals surface area contributed by atoms with E-state index in [0.717, 1.165) is 12.7 Å². The molecule has 1 aromatic carbocycles. The Bertz CT molecular complexity index is 377. The third-order valence-corrected chi connectivity index (χ3v) is 3.44. The molecule has 1 fully saturated rings. The number of rotatable bonds is 4. The van der Waals surface area contributed by atoms with Gasteiger partial charge in [0.25, 0.3) is 0 Å². The Labute approximate surface area is 105 Å². The molecule has 92 valence electrons. The Balaban J connectivity index is 1.87. The molecule has 1 aliphatic carbocycles. The van der Waals surface area contributed by atoms with Gasteiger partial charge in [0.1, 0.15) is 12.0 Å². The molecular formula is C13H15ClO3. The van der Waals surface area contributed by atoms with Crippen LogP contribution in [0, 0.1) is 5.92 Å². The first-order chi connectivity index (χ1) is 8.19. The lowest BCUT2D eigenvalue weighted by Crippen LogP contribution is -2.20. The summed E-state index contributed by atoms with van der Waals surface area (Å²) in [5, 5.41) is 9.76. The van der Waals surface area contributed by atoms with Gasteiger partial charge in [-0.3, -0.25) is 4.79 Å². The smallest absolute Gasteiger partial charge is 0.150 e. The van der Waals surface area contributed by atoms with Crippen molar-refractivity contribution in [3.05, 3.63) is 29.8 Å². The van der Waals surface area contributed by atoms with Crippen LogP contribution in [-0.2, 0) is 0 Å². The summed E-state index contributed by atoms with van der Waals surface area (Å²) in [6.07, 6.45) is 1.85. The van der Waals surface area contributed by atoms with Gasteiger partial charge in [0.15, 0.2) is 0 Å². The van der Waals surface area contributed by atoms with Gasteiger partial charge in [-0.15, -0.1) is 11.6 Å². The van der Waals surface area contributed by atoms with Crippen molar-refractivity contribution in [2.45, 2.75) is 24.3 Å². The van der Waals surface area contributed by atoms with Crippen molar-refractivity contribution in [2.24, 2.45) is 5.92 Å². The van der Waals surface area contributed by atoms with Crippen LogP contribution in [-0.4, -0.2) is 29.5 Å². The topological polar surface area (TPSA) is 46.5 Å². The van der Waals surface area contributed by atoms with Gasteiger partial charge in [-0.25, -0.2) is 0 Å². The first-order valence-corrected chi connectivity index (χ1v) is 6.13. The van der Waals surface area contributed by atoms with E-state index >= 15 is 0 Å². The second-order valence-corrected chi connectivity index (χ2v) is 5.01. The summed E-state index contributed by atoms with van der Waals surface area (Å²) in [5.41, 5.74) is 0.624. The van der Waals surface area contributed by atoms with E-state index in [-0.39, 0.29) is 17.4 Å². The maximum absolute atomic E-state index is 10.5. The van der Waals surface area contributed by atoms with Crippen molar-refractivity contribution in [3.63, 3.8) is 0 Å². The van der Waals surface area contributed by atoms with Gasteiger partial charge >= 0.3 is 0 Å². The Kier molecular flexibility index (Phi) is 4.02. The number of aliphatic hydroxyl groups excluding tert-OH is 1. The molecule has 0 aromatic heterocycles. The fourth-order valence-corrected chi connectivity index (χ4v) is 2.47. The predicted octanol–water partition coefficient (Wildman–Crippen LogP) is 2.26. The van der Waals surface area contributed by atoms with Crippen LogP contribution in [0.3, 0.4) is 0 Å². The minimum atomic E-state index is -0.369. The number of aldehydes is 1. The van der Waals surface area contributed by atoms with Crippen LogP contribution in [0.5, 0.6) is 5.75 Å². The average Bonchev–Trinajstić information content (AvgIpc) is 2.66. The highest BCUT2D eigenvalue weighted by Gasteiger charge is 2.32. The molecule has 2 rings (SSSR count). The first kappa shape index (κ1) is 12.4. The zero-order chi connectivity index (χ0) is 12.3. The van der Waals surface area contributed by atoms with E-state index in [2.05, 4.69) is 0 Å². The van der Waals surface area contributed by atoms with Gasteiger partial charge in [-0.05, 0) is 37.1 Å². The second-order valence-electron chi connectivity index (χ2n) is 4.39. The third kappa shape index (κ3) is 3.20. The van der Waals surface area contributed by atoms with Crippen molar-refractivity contribution in [2.75, 3.05) is 6.61 Å². The number of hydrogen-bond donors (Lipinski definition) is 1. The Morgan fingerprint density at radius 1 is 1.35 bits per heavy atom. The molecule has 3 atom stereocenters. The number of ether oxygens (including phenoxy) is 1. The van der Waals surface area contributed by atoms with E-state index in [1.165, 1.54) is 0 Å². The number of carbonyl (C=O) groups is 1. The molecule has 0 heterocycles. The summed E-state index contributed by atoms with van der Waals surface area (Å²) < 4.78 is 5.57. The van der Waals surface area contributed by atoms with Crippen molar-refractivity contribution in [1.82, 2.24) is 0 Å². The largest absolute Gasteiger partial charge is 0.493 e. The van der Waals surface area contributed by atoms with Crippen LogP contribution in [0.1, 0.15) is 23.2 Å². The van der Waals surface area contributed by atoms with Crippen LogP contribution >= 0.6 is 11.6 Å². The van der Waals surface area contributed by atoms with E-state index in [4.69, 9.17) is 16.3 Å². The van der Waals surface area contributed by atoms with Crippen LogP contribution in [0.4, 0.5) is 0 Å². The maximum atomic E-state index is 10.5. The van der Waals surface area contributed by atoms with E-state index in [1.807, 2.05) is 0 Å². The molecule has 0 aliphatic heterocycles. The number of alkyl halides is 1. The number of halogens is 1. The highest BCUT2D eigenvalue weighted by molar-refractivity contribution is 6.20. The SMILES string of the molecule is O=Cc1ccc(OC[C@@H]2C[C@H](Cl)C[C@H]2O)cc1. The fourth-order valence-electron chi connectivity index (χ4n) is 2.06. The molecular weight excluding hydrogens is 240 g/mol. The van der Waals surface area contributed by atoms with Gasteiger partial charge in [0.05, 0.1) is 12.7 Å². The second kappa shape index (κ2) is 5.52. The summed E-state index contributed by atoms with van der Waals surface area (Å²) in [4.78, 5) is 10.5. The molecule has 1 aromatic rings. The Morgan fingerprint density at radius 2 is 2.06 bits per heavy atom. The minimum Gasteiger partial charge on any atom is -0.493 e. The van der Waals surface area contributed by atoms with Gasteiger partial charge in [-0.1, -0.05) is 0 Å². The highest BCUT2D eigenvalue weighted by Crippen LogP contribution is 2.30. The Morgan fingerprint density at radius 3 is 2.59 bits per heavy atom. The monoisotopic (exact) mass is 254 g/mol. The highest BCUT2D eigenvalue weighted by atomic mass is 35.5. The fraction of sp³-hybridized carbons (Fsp3) is 0.462. The summed E-state index contributed by atoms with van der Waals surface area (Å²) in [5.74, 6) is 0.809. The summed E-state index contributed by atoms with van der Waals surface area (Å²) in [7, 11) is 0. The minimum absolute atomic E-state index is 0.0519. The van der Waals surface area contributed by atoms with Crippen LogP contribution in [0.25, 0.3) is 0 Å². The summed E-state index contributed by atoms with van der Waals surface area (Å²) >= 11 is 5.97. The van der Waals surface area contributed by atoms with Crippen LogP contribution in [0.2, 0.25) is 0 Å². The van der Waals surface area contributed by atoms with Crippen molar-refractivity contribution in [1.29, 1.82) is 0 Å². The number of benzene rings is 1. The molecule has 1 aliphatic rings. The number of carbonyl (C=O) groups excluding carboxylic acids is 1. The number of aliphatic hydroxyl groups is 1. The maximum Gasteiger partial charge on any atom is 0.150 e. The van der Waals surface area contributed by atoms with Crippen molar-refractivity contribution >= 4 is 17.9 Å². The van der Waals surface area contributed by atoms with Crippen molar-refractivity contribution in [3.8, 4) is 5.75 Å². The Hall–Kier alpha value is -1.06. The van der Waals surface area contributed by atoms with E-state index in [9.17, 15) is 9.90 Å². The summed E-state index contributed by atoms with van der Waals surface area (Å²) in [6.45, 7) is 0.463. The van der Waals surface area contributed by atoms with Crippen LogP contribution in [0.15, 0.2) is 24.3 Å². The van der Waals surface area contributed by atoms with Gasteiger partial charge < -0.3 is 9.84 Å². The molecule has 17 heavy (non-hydrogen) atoms. The first-order valence-electron chi connectivity index (χ1n) is 5.69. The quantitative estimate of drug-likeness (QED) is 0.662. The average molecular weight is 255 g/mol. The molecule has 0 bridgehead atoms. The molecule has 0 radical (unpaired) electrons. The summed E-state index contributed by atoms with van der Waals surface area (Å²) in [6, 6.07) is 6.92. The molecule has 0 amide bonds. The van der Waals surface area contributed by atoms with E-state index in [0.29, 0.717) is 24.3 Å². The lowest BCUT2D eigenvalue weighted by Gasteiger charge is -2.15. The van der Waals surface area contributed by atoms with Crippen LogP contribution < -0.4 is 4.74 Å². The van der Waals surface area contributed by atoms with Gasteiger partial charge in [-0.2, -0.15) is 0 Å². The van der Waals surface area contributed by atoms with Gasteiger partial charge in [0.2, 0.25) is 0 Å². The zero-order valence-corrected chi connectivity index (χ0v) is 10.1. The van der Waals surface area contributed by atoms with Crippen molar-refractivity contribution < 1.29 is 14.6 Å². The van der Waals surface area contributed by atoms with E-state index < -0.39 is 0 Å². The molecule has 4 heteroatoms. The standard InChI is InChI=1S/C13H15ClO3/c14-11-5-10(13(16)6-11)8-17-12-3-1-9(7-15)2-4-12/h1-4,7,10-11,13,16H,5-6,8H2/t10-,11-,13+/m0/s1. The molecule has 0 unspecified atom stereocenters. The van der Waals surface area contributed by atoms with Gasteiger partial charge in [0, 0.05) is 16.9 Å². The number of hydrogen-bond acceptors (Lipinski definition) is 3. The molecule has 0 saturated heterocycles. The molecule has 3 nitrogen and oxygen atoms in total. The normalized spacial score (nSPS) is 28.0. The zero-order valence-electron chi connectivity index (χ0n) is 9.38. The third-order valence-electron chi connectivity index (χ3n) is 3.08. The molecule has 0 spiro atoms.